The summed E-state index contributed by atoms with van der Waals surface area (Å²) in [6.07, 6.45) is 4.00. The molecule has 0 spiro atoms. The summed E-state index contributed by atoms with van der Waals surface area (Å²) < 4.78 is 7.06. The van der Waals surface area contributed by atoms with Gasteiger partial charge in [0.05, 0.1) is 17.1 Å². The van der Waals surface area contributed by atoms with Crippen molar-refractivity contribution < 1.29 is 14.6 Å². The van der Waals surface area contributed by atoms with Gasteiger partial charge in [0.15, 0.2) is 0 Å². The van der Waals surface area contributed by atoms with Crippen molar-refractivity contribution in [3.8, 4) is 0 Å². The van der Waals surface area contributed by atoms with Gasteiger partial charge in [0.25, 0.3) is 11.5 Å². The third kappa shape index (κ3) is 5.12. The molecule has 176 valence electrons. The van der Waals surface area contributed by atoms with Gasteiger partial charge < -0.3 is 14.7 Å². The van der Waals surface area contributed by atoms with Gasteiger partial charge in [-0.15, -0.1) is 0 Å². The van der Waals surface area contributed by atoms with Crippen LogP contribution in [0.25, 0.3) is 11.7 Å². The Morgan fingerprint density at radius 2 is 2.00 bits per heavy atom. The smallest absolute Gasteiger partial charge is 0.267 e. The van der Waals surface area contributed by atoms with Gasteiger partial charge in [0, 0.05) is 59.2 Å². The minimum absolute atomic E-state index is 0.118. The minimum atomic E-state index is -0.224. The number of pyridine rings is 1. The predicted molar refractivity (Wildman–Crippen MR) is 134 cm³/mol. The fourth-order valence-corrected chi connectivity index (χ4v) is 5.26. The van der Waals surface area contributed by atoms with E-state index in [9.17, 15) is 14.7 Å². The molecule has 2 aromatic rings. The molecule has 4 heterocycles. The molecule has 2 aliphatic heterocycles. The van der Waals surface area contributed by atoms with E-state index in [1.54, 1.807) is 36.4 Å². The monoisotopic (exact) mass is 489 g/mol. The summed E-state index contributed by atoms with van der Waals surface area (Å²) in [5.41, 5.74) is 0.712. The average molecular weight is 490 g/mol. The second-order valence-electron chi connectivity index (χ2n) is 7.82. The number of aromatic nitrogens is 2. The Labute approximate surface area is 201 Å². The number of carbonyl (C=O) groups excluding carboxylic acids is 1. The van der Waals surface area contributed by atoms with Gasteiger partial charge in [-0.2, -0.15) is 0 Å². The first kappa shape index (κ1) is 23.8. The van der Waals surface area contributed by atoms with Crippen LogP contribution in [0.15, 0.2) is 34.1 Å². The number of amides is 1. The summed E-state index contributed by atoms with van der Waals surface area (Å²) in [5, 5.41) is 9.22. The lowest BCUT2D eigenvalue weighted by atomic mass is 10.2. The number of carbonyl (C=O) groups is 1. The van der Waals surface area contributed by atoms with Gasteiger partial charge in [0.2, 0.25) is 0 Å². The molecule has 0 aromatic carbocycles. The Hall–Kier alpha value is -2.31. The van der Waals surface area contributed by atoms with Crippen molar-refractivity contribution in [3.05, 3.63) is 45.2 Å². The van der Waals surface area contributed by atoms with Gasteiger partial charge in [-0.05, 0) is 24.6 Å². The van der Waals surface area contributed by atoms with Crippen molar-refractivity contribution in [2.45, 2.75) is 6.42 Å². The topological polar surface area (TPSA) is 90.6 Å². The number of thiocarbonyl (C=S) groups is 1. The first-order valence-corrected chi connectivity index (χ1v) is 12.1. The molecule has 4 rings (SSSR count). The number of hydrogen-bond acceptors (Lipinski definition) is 9. The van der Waals surface area contributed by atoms with E-state index in [0.717, 1.165) is 13.1 Å². The zero-order chi connectivity index (χ0) is 23.4. The molecule has 0 atom stereocenters. The molecule has 9 nitrogen and oxygen atoms in total. The van der Waals surface area contributed by atoms with Crippen LogP contribution >= 0.6 is 24.0 Å². The maximum Gasteiger partial charge on any atom is 0.267 e. The molecule has 2 aromatic heterocycles. The SMILES string of the molecule is COCCCN1C(=O)/C(=C/c2c(N3CCN(CCO)CC3)nc3ccccn3c2=O)SC1=S. The number of piperazine rings is 1. The highest BCUT2D eigenvalue weighted by Crippen LogP contribution is 2.33. The zero-order valence-corrected chi connectivity index (χ0v) is 20.1. The van der Waals surface area contributed by atoms with E-state index in [2.05, 4.69) is 9.80 Å². The van der Waals surface area contributed by atoms with Gasteiger partial charge in [-0.25, -0.2) is 4.98 Å². The standard InChI is InChI=1S/C22H27N5O4S2/c1-31-14-4-7-27-21(30)17(33-22(27)32)15-16-19(25-10-8-24(9-11-25)12-13-28)23-18-5-2-3-6-26(18)20(16)29/h2-3,5-6,15,28H,4,7-14H2,1H3/b17-15-. The molecule has 1 amide bonds. The number of nitrogens with zero attached hydrogens (tertiary/aromatic N) is 5. The van der Waals surface area contributed by atoms with E-state index in [4.69, 9.17) is 21.9 Å². The first-order chi connectivity index (χ1) is 16.0. The van der Waals surface area contributed by atoms with Crippen molar-refractivity contribution >= 4 is 51.7 Å². The van der Waals surface area contributed by atoms with E-state index in [0.29, 0.717) is 65.5 Å². The van der Waals surface area contributed by atoms with Crippen molar-refractivity contribution in [2.75, 3.05) is 64.5 Å². The molecular weight excluding hydrogens is 462 g/mol. The molecule has 2 aliphatic rings. The molecule has 2 fully saturated rings. The molecule has 2 saturated heterocycles. The summed E-state index contributed by atoms with van der Waals surface area (Å²) in [4.78, 5) is 37.5. The number of hydrogen-bond donors (Lipinski definition) is 1. The number of methoxy groups -OCH3 is 1. The highest BCUT2D eigenvalue weighted by Gasteiger charge is 2.32. The number of anilines is 1. The first-order valence-electron chi connectivity index (χ1n) is 10.9. The van der Waals surface area contributed by atoms with Crippen LogP contribution in [0, 0.1) is 0 Å². The fourth-order valence-electron chi connectivity index (χ4n) is 3.97. The van der Waals surface area contributed by atoms with E-state index >= 15 is 0 Å². The number of β-amino-alcohol motifs (C(OH)–C–C–N with tert-alkyl or cyclic N) is 1. The highest BCUT2D eigenvalue weighted by molar-refractivity contribution is 8.26. The highest BCUT2D eigenvalue weighted by atomic mass is 32.2. The Bertz CT molecular complexity index is 1130. The lowest BCUT2D eigenvalue weighted by Crippen LogP contribution is -2.48. The van der Waals surface area contributed by atoms with Crippen LogP contribution in [0.5, 0.6) is 0 Å². The summed E-state index contributed by atoms with van der Waals surface area (Å²) in [6, 6.07) is 5.42. The fraction of sp³-hybridized carbons (Fsp3) is 0.455. The number of aliphatic hydroxyl groups excluding tert-OH is 1. The van der Waals surface area contributed by atoms with Gasteiger partial charge in [-0.1, -0.05) is 30.0 Å². The molecule has 0 unspecified atom stereocenters. The minimum Gasteiger partial charge on any atom is -0.395 e. The Kier molecular flexibility index (Phi) is 7.76. The summed E-state index contributed by atoms with van der Waals surface area (Å²) in [6.45, 7) is 4.63. The summed E-state index contributed by atoms with van der Waals surface area (Å²) in [5.74, 6) is 0.372. The second kappa shape index (κ2) is 10.7. The van der Waals surface area contributed by atoms with Crippen LogP contribution < -0.4 is 10.5 Å². The van der Waals surface area contributed by atoms with Crippen LogP contribution in [0.1, 0.15) is 12.0 Å². The van der Waals surface area contributed by atoms with Crippen molar-refractivity contribution in [1.29, 1.82) is 0 Å². The maximum atomic E-state index is 13.5. The van der Waals surface area contributed by atoms with Crippen LogP contribution in [0.4, 0.5) is 5.82 Å². The molecule has 33 heavy (non-hydrogen) atoms. The van der Waals surface area contributed by atoms with Gasteiger partial charge >= 0.3 is 0 Å². The molecular formula is C22H27N5O4S2. The average Bonchev–Trinajstić information content (AvgIpc) is 3.09. The lowest BCUT2D eigenvalue weighted by Gasteiger charge is -2.35. The van der Waals surface area contributed by atoms with Crippen LogP contribution in [-0.2, 0) is 9.53 Å². The normalized spacial score (nSPS) is 18.8. The molecule has 1 N–H and O–H groups in total. The third-order valence-electron chi connectivity index (χ3n) is 5.72. The van der Waals surface area contributed by atoms with E-state index < -0.39 is 0 Å². The molecule has 0 bridgehead atoms. The summed E-state index contributed by atoms with van der Waals surface area (Å²) in [7, 11) is 1.62. The molecule has 0 aliphatic carbocycles. The maximum absolute atomic E-state index is 13.5. The van der Waals surface area contributed by atoms with Crippen LogP contribution in [0.3, 0.4) is 0 Å². The predicted octanol–water partition coefficient (Wildman–Crippen LogP) is 1.05. The van der Waals surface area contributed by atoms with Gasteiger partial charge in [-0.3, -0.25) is 23.8 Å². The number of ether oxygens (including phenoxy) is 1. The van der Waals surface area contributed by atoms with E-state index in [-0.39, 0.29) is 18.1 Å². The van der Waals surface area contributed by atoms with Crippen molar-refractivity contribution in [2.24, 2.45) is 0 Å². The Balaban J connectivity index is 1.70. The molecule has 0 radical (unpaired) electrons. The molecule has 11 heteroatoms. The number of thioether (sulfide) groups is 1. The van der Waals surface area contributed by atoms with Crippen molar-refractivity contribution in [1.82, 2.24) is 19.2 Å². The Morgan fingerprint density at radius 1 is 1.21 bits per heavy atom. The van der Waals surface area contributed by atoms with E-state index in [1.165, 1.54) is 16.2 Å². The second-order valence-corrected chi connectivity index (χ2v) is 9.49. The van der Waals surface area contributed by atoms with Gasteiger partial charge in [0.1, 0.15) is 15.8 Å². The number of fused-ring (bicyclic) bond motifs is 1. The summed E-state index contributed by atoms with van der Waals surface area (Å²) >= 11 is 6.63. The van der Waals surface area contributed by atoms with Crippen LogP contribution in [-0.4, -0.2) is 94.1 Å². The number of aliphatic hydroxyl groups is 1. The zero-order valence-electron chi connectivity index (χ0n) is 18.5. The molecule has 0 saturated carbocycles. The van der Waals surface area contributed by atoms with E-state index in [1.807, 2.05) is 6.07 Å². The quantitative estimate of drug-likeness (QED) is 0.332. The van der Waals surface area contributed by atoms with Crippen LogP contribution in [0.2, 0.25) is 0 Å². The van der Waals surface area contributed by atoms with Crippen molar-refractivity contribution in [3.63, 3.8) is 0 Å². The largest absolute Gasteiger partial charge is 0.395 e. The third-order valence-corrected chi connectivity index (χ3v) is 7.09. The number of rotatable bonds is 8. The Morgan fingerprint density at radius 3 is 2.73 bits per heavy atom. The lowest BCUT2D eigenvalue weighted by molar-refractivity contribution is -0.122.